The Balaban J connectivity index is 2.14. The highest BCUT2D eigenvalue weighted by Crippen LogP contribution is 2.37. The first-order valence-electron chi connectivity index (χ1n) is 5.96. The molecule has 3 nitrogen and oxygen atoms in total. The summed E-state index contributed by atoms with van der Waals surface area (Å²) in [4.78, 5) is 16.6. The van der Waals surface area contributed by atoms with Crippen LogP contribution >= 0.6 is 39.1 Å². The standard InChI is InChI=1S/C14H8BrCl2FN2O/c15-9-5-12-11(19-14(21)20-12)4-8(9)13(17)7-2-1-6(16)3-10(7)18/h1-5,13H,(H2,19,20,21). The van der Waals surface area contributed by atoms with Gasteiger partial charge in [0.1, 0.15) is 5.82 Å². The van der Waals surface area contributed by atoms with E-state index in [-0.39, 0.29) is 5.69 Å². The number of aromatic nitrogens is 2. The number of rotatable bonds is 2. The third-order valence-electron chi connectivity index (χ3n) is 3.14. The smallest absolute Gasteiger partial charge is 0.306 e. The molecule has 2 aromatic carbocycles. The van der Waals surface area contributed by atoms with Gasteiger partial charge in [-0.15, -0.1) is 11.6 Å². The average Bonchev–Trinajstić information content (AvgIpc) is 2.76. The zero-order valence-electron chi connectivity index (χ0n) is 10.4. The number of hydrogen-bond acceptors (Lipinski definition) is 1. The van der Waals surface area contributed by atoms with Gasteiger partial charge in [-0.1, -0.05) is 33.6 Å². The van der Waals surface area contributed by atoms with Crippen LogP contribution in [0.3, 0.4) is 0 Å². The van der Waals surface area contributed by atoms with Gasteiger partial charge >= 0.3 is 5.69 Å². The predicted molar refractivity (Wildman–Crippen MR) is 85.7 cm³/mol. The van der Waals surface area contributed by atoms with E-state index in [1.54, 1.807) is 24.3 Å². The topological polar surface area (TPSA) is 48.6 Å². The van der Waals surface area contributed by atoms with Crippen molar-refractivity contribution in [2.24, 2.45) is 0 Å². The minimum Gasteiger partial charge on any atom is -0.306 e. The second kappa shape index (κ2) is 5.48. The Bertz CT molecular complexity index is 890. The number of alkyl halides is 1. The average molecular weight is 390 g/mol. The molecule has 3 rings (SSSR count). The van der Waals surface area contributed by atoms with Crippen molar-refractivity contribution in [1.82, 2.24) is 9.97 Å². The van der Waals surface area contributed by atoms with Crippen LogP contribution in [0.15, 0.2) is 39.6 Å². The predicted octanol–water partition coefficient (Wildman–Crippen LogP) is 4.74. The van der Waals surface area contributed by atoms with Gasteiger partial charge in [-0.25, -0.2) is 9.18 Å². The fourth-order valence-corrected chi connectivity index (χ4v) is 3.36. The second-order valence-corrected chi connectivity index (χ2v) is 6.25. The van der Waals surface area contributed by atoms with Crippen LogP contribution in [-0.2, 0) is 0 Å². The first-order chi connectivity index (χ1) is 9.95. The summed E-state index contributed by atoms with van der Waals surface area (Å²) >= 11 is 15.5. The molecular weight excluding hydrogens is 382 g/mol. The lowest BCUT2D eigenvalue weighted by molar-refractivity contribution is 0.612. The van der Waals surface area contributed by atoms with Crippen molar-refractivity contribution in [3.05, 3.63) is 67.3 Å². The Kier molecular flexibility index (Phi) is 3.82. The lowest BCUT2D eigenvalue weighted by atomic mass is 10.0. The van der Waals surface area contributed by atoms with E-state index < -0.39 is 11.2 Å². The number of imidazole rings is 1. The molecule has 1 heterocycles. The van der Waals surface area contributed by atoms with E-state index in [1.165, 1.54) is 6.07 Å². The van der Waals surface area contributed by atoms with Gasteiger partial charge in [-0.3, -0.25) is 0 Å². The normalized spacial score (nSPS) is 12.8. The minimum absolute atomic E-state index is 0.308. The Hall–Kier alpha value is -1.30. The van der Waals surface area contributed by atoms with Gasteiger partial charge in [-0.2, -0.15) is 0 Å². The van der Waals surface area contributed by atoms with Crippen molar-refractivity contribution in [3.63, 3.8) is 0 Å². The minimum atomic E-state index is -0.709. The van der Waals surface area contributed by atoms with Crippen LogP contribution in [0.25, 0.3) is 11.0 Å². The highest BCUT2D eigenvalue weighted by atomic mass is 79.9. The molecule has 108 valence electrons. The summed E-state index contributed by atoms with van der Waals surface area (Å²) in [6.45, 7) is 0. The highest BCUT2D eigenvalue weighted by Gasteiger charge is 2.19. The molecule has 21 heavy (non-hydrogen) atoms. The third-order valence-corrected chi connectivity index (χ3v) is 4.53. The summed E-state index contributed by atoms with van der Waals surface area (Å²) < 4.78 is 14.7. The highest BCUT2D eigenvalue weighted by molar-refractivity contribution is 9.10. The molecule has 2 N–H and O–H groups in total. The summed E-state index contributed by atoms with van der Waals surface area (Å²) in [5.41, 5.74) is 1.92. The molecule has 0 amide bonds. The molecule has 7 heteroatoms. The molecule has 0 saturated carbocycles. The summed E-state index contributed by atoms with van der Waals surface area (Å²) in [7, 11) is 0. The summed E-state index contributed by atoms with van der Waals surface area (Å²) in [5.74, 6) is -0.475. The number of H-pyrrole nitrogens is 2. The molecule has 1 unspecified atom stereocenters. The van der Waals surface area contributed by atoms with E-state index in [1.807, 2.05) is 0 Å². The molecule has 1 atom stereocenters. The Labute approximate surface area is 137 Å². The van der Waals surface area contributed by atoms with Crippen molar-refractivity contribution in [3.8, 4) is 0 Å². The molecule has 1 aromatic heterocycles. The molecular formula is C14H8BrCl2FN2O. The van der Waals surface area contributed by atoms with Crippen LogP contribution in [0.4, 0.5) is 4.39 Å². The maximum atomic E-state index is 14.0. The maximum absolute atomic E-state index is 14.0. The van der Waals surface area contributed by atoms with Crippen LogP contribution in [-0.4, -0.2) is 9.97 Å². The molecule has 0 radical (unpaired) electrons. The van der Waals surface area contributed by atoms with Gasteiger partial charge in [0.2, 0.25) is 0 Å². The van der Waals surface area contributed by atoms with E-state index in [2.05, 4.69) is 25.9 Å². The van der Waals surface area contributed by atoms with Gasteiger partial charge in [0.25, 0.3) is 0 Å². The molecule has 0 aliphatic carbocycles. The summed E-state index contributed by atoms with van der Waals surface area (Å²) in [5, 5.41) is -0.399. The molecule has 0 saturated heterocycles. The molecule has 3 aromatic rings. The monoisotopic (exact) mass is 388 g/mol. The van der Waals surface area contributed by atoms with Crippen LogP contribution in [0, 0.1) is 5.82 Å². The lowest BCUT2D eigenvalue weighted by Crippen LogP contribution is -1.99. The molecule has 0 aliphatic rings. The Morgan fingerprint density at radius 1 is 1.10 bits per heavy atom. The van der Waals surface area contributed by atoms with E-state index in [0.29, 0.717) is 31.7 Å². The lowest BCUT2D eigenvalue weighted by Gasteiger charge is -2.13. The van der Waals surface area contributed by atoms with Crippen molar-refractivity contribution < 1.29 is 4.39 Å². The number of aromatic amines is 2. The molecule has 0 fully saturated rings. The van der Waals surface area contributed by atoms with Crippen LogP contribution in [0.1, 0.15) is 16.5 Å². The zero-order chi connectivity index (χ0) is 15.1. The molecule has 0 aliphatic heterocycles. The number of benzene rings is 2. The Morgan fingerprint density at radius 3 is 2.43 bits per heavy atom. The zero-order valence-corrected chi connectivity index (χ0v) is 13.5. The number of fused-ring (bicyclic) bond motifs is 1. The van der Waals surface area contributed by atoms with E-state index in [0.717, 1.165) is 0 Å². The van der Waals surface area contributed by atoms with Gasteiger partial charge < -0.3 is 9.97 Å². The van der Waals surface area contributed by atoms with Crippen molar-refractivity contribution >= 4 is 50.2 Å². The number of halogens is 4. The first kappa shape index (κ1) is 14.6. The summed E-state index contributed by atoms with van der Waals surface area (Å²) in [6.07, 6.45) is 0. The van der Waals surface area contributed by atoms with E-state index in [4.69, 9.17) is 23.2 Å². The summed E-state index contributed by atoms with van der Waals surface area (Å²) in [6, 6.07) is 7.79. The van der Waals surface area contributed by atoms with Crippen molar-refractivity contribution in [2.45, 2.75) is 5.38 Å². The van der Waals surface area contributed by atoms with Crippen molar-refractivity contribution in [2.75, 3.05) is 0 Å². The van der Waals surface area contributed by atoms with E-state index >= 15 is 0 Å². The third kappa shape index (κ3) is 2.73. The fourth-order valence-electron chi connectivity index (χ4n) is 2.14. The fraction of sp³-hybridized carbons (Fsp3) is 0.0714. The van der Waals surface area contributed by atoms with Gasteiger partial charge in [0.05, 0.1) is 16.4 Å². The first-order valence-corrected chi connectivity index (χ1v) is 7.57. The largest absolute Gasteiger partial charge is 0.323 e. The van der Waals surface area contributed by atoms with Gasteiger partial charge in [-0.05, 0) is 29.8 Å². The maximum Gasteiger partial charge on any atom is 0.323 e. The van der Waals surface area contributed by atoms with Crippen LogP contribution in [0.5, 0.6) is 0 Å². The van der Waals surface area contributed by atoms with Gasteiger partial charge in [0, 0.05) is 15.1 Å². The number of hydrogen-bond donors (Lipinski definition) is 2. The van der Waals surface area contributed by atoms with Crippen LogP contribution in [0.2, 0.25) is 5.02 Å². The number of nitrogens with one attached hydrogen (secondary N) is 2. The van der Waals surface area contributed by atoms with Crippen LogP contribution < -0.4 is 5.69 Å². The van der Waals surface area contributed by atoms with E-state index in [9.17, 15) is 9.18 Å². The molecule has 0 spiro atoms. The Morgan fingerprint density at radius 2 is 1.76 bits per heavy atom. The molecule has 0 bridgehead atoms. The van der Waals surface area contributed by atoms with Gasteiger partial charge in [0.15, 0.2) is 0 Å². The second-order valence-electron chi connectivity index (χ2n) is 4.53. The van der Waals surface area contributed by atoms with Crippen molar-refractivity contribution in [1.29, 1.82) is 0 Å². The SMILES string of the molecule is O=c1[nH]c2cc(Br)c(C(Cl)c3ccc(Cl)cc3F)cc2[nH]1. The quantitative estimate of drug-likeness (QED) is 0.611.